The van der Waals surface area contributed by atoms with E-state index in [1.165, 1.54) is 0 Å². The van der Waals surface area contributed by atoms with Crippen LogP contribution in [0.3, 0.4) is 0 Å². The minimum Gasteiger partial charge on any atom is -0.328 e. The Kier molecular flexibility index (Phi) is 3.09. The first-order chi connectivity index (χ1) is 5.70. The minimum atomic E-state index is 0.0394. The normalized spacial score (nSPS) is 10.2. The van der Waals surface area contributed by atoms with Gasteiger partial charge in [0.25, 0.3) is 5.56 Å². The van der Waals surface area contributed by atoms with Crippen molar-refractivity contribution in [1.82, 2.24) is 4.98 Å². The summed E-state index contributed by atoms with van der Waals surface area (Å²) in [6.07, 6.45) is 3.39. The lowest BCUT2D eigenvalue weighted by Gasteiger charge is -2.05. The molecule has 0 aromatic carbocycles. The number of H-pyrrole nitrogens is 1. The largest absolute Gasteiger partial charge is 0.328 e. The molecular formula is C9H12BrNO. The molecule has 0 aliphatic rings. The molecule has 12 heavy (non-hydrogen) atoms. The summed E-state index contributed by atoms with van der Waals surface area (Å²) in [6, 6.07) is 0. The summed E-state index contributed by atoms with van der Waals surface area (Å²) in [5, 5.41) is 0. The smallest absolute Gasteiger partial charge is 0.251 e. The topological polar surface area (TPSA) is 32.9 Å². The Bertz CT molecular complexity index is 330. The molecule has 66 valence electrons. The molecule has 1 aromatic rings. The second kappa shape index (κ2) is 3.90. The van der Waals surface area contributed by atoms with Crippen molar-refractivity contribution in [1.29, 1.82) is 0 Å². The van der Waals surface area contributed by atoms with Gasteiger partial charge in [0, 0.05) is 16.2 Å². The van der Waals surface area contributed by atoms with Gasteiger partial charge in [0.15, 0.2) is 0 Å². The Morgan fingerprint density at radius 1 is 1.33 bits per heavy atom. The first-order valence-electron chi connectivity index (χ1n) is 4.09. The number of halogens is 1. The number of aromatic amines is 1. The van der Waals surface area contributed by atoms with E-state index in [0.717, 1.165) is 28.4 Å². The van der Waals surface area contributed by atoms with Crippen LogP contribution < -0.4 is 5.56 Å². The van der Waals surface area contributed by atoms with Gasteiger partial charge in [-0.3, -0.25) is 4.79 Å². The fraction of sp³-hybridized carbons (Fsp3) is 0.444. The fourth-order valence-corrected chi connectivity index (χ4v) is 1.97. The highest BCUT2D eigenvalue weighted by molar-refractivity contribution is 9.10. The minimum absolute atomic E-state index is 0.0394. The first-order valence-corrected chi connectivity index (χ1v) is 4.88. The average Bonchev–Trinajstić information content (AvgIpc) is 2.08. The van der Waals surface area contributed by atoms with Crippen LogP contribution in [0.25, 0.3) is 0 Å². The molecule has 2 nitrogen and oxygen atoms in total. The van der Waals surface area contributed by atoms with Gasteiger partial charge in [-0.1, -0.05) is 13.8 Å². The lowest BCUT2D eigenvalue weighted by molar-refractivity contribution is 0.974. The zero-order valence-electron chi connectivity index (χ0n) is 7.28. The standard InChI is InChI=1S/C9H12BrNO/c1-3-6-7(4-2)9(12)11-5-8(6)10/h5H,3-4H2,1-2H3,(H,11,12). The van der Waals surface area contributed by atoms with Crippen LogP contribution in [-0.4, -0.2) is 4.98 Å². The molecule has 0 atom stereocenters. The van der Waals surface area contributed by atoms with Crippen LogP contribution in [0.15, 0.2) is 15.5 Å². The summed E-state index contributed by atoms with van der Waals surface area (Å²) in [5.74, 6) is 0. The molecule has 0 fully saturated rings. The number of pyridine rings is 1. The molecule has 0 saturated heterocycles. The quantitative estimate of drug-likeness (QED) is 0.830. The maximum absolute atomic E-state index is 11.3. The van der Waals surface area contributed by atoms with E-state index in [1.54, 1.807) is 6.20 Å². The van der Waals surface area contributed by atoms with E-state index in [2.05, 4.69) is 27.8 Å². The zero-order chi connectivity index (χ0) is 9.14. The molecule has 1 rings (SSSR count). The average molecular weight is 230 g/mol. The van der Waals surface area contributed by atoms with E-state index in [0.29, 0.717) is 0 Å². The van der Waals surface area contributed by atoms with Crippen LogP contribution in [0.1, 0.15) is 25.0 Å². The van der Waals surface area contributed by atoms with Crippen molar-refractivity contribution >= 4 is 15.9 Å². The molecule has 0 saturated carbocycles. The second-order valence-corrected chi connectivity index (χ2v) is 3.48. The van der Waals surface area contributed by atoms with Crippen molar-refractivity contribution in [2.24, 2.45) is 0 Å². The van der Waals surface area contributed by atoms with Crippen LogP contribution >= 0.6 is 15.9 Å². The molecule has 1 aromatic heterocycles. The predicted molar refractivity (Wildman–Crippen MR) is 53.5 cm³/mol. The van der Waals surface area contributed by atoms with Crippen molar-refractivity contribution in [2.45, 2.75) is 26.7 Å². The summed E-state index contributed by atoms with van der Waals surface area (Å²) < 4.78 is 1.00. The molecular weight excluding hydrogens is 218 g/mol. The fourth-order valence-electron chi connectivity index (χ4n) is 1.34. The molecule has 0 aliphatic carbocycles. The summed E-state index contributed by atoms with van der Waals surface area (Å²) in [5.41, 5.74) is 2.06. The summed E-state index contributed by atoms with van der Waals surface area (Å²) >= 11 is 3.41. The molecule has 1 heterocycles. The second-order valence-electron chi connectivity index (χ2n) is 2.63. The van der Waals surface area contributed by atoms with Gasteiger partial charge in [-0.2, -0.15) is 0 Å². The Morgan fingerprint density at radius 2 is 1.92 bits per heavy atom. The molecule has 0 amide bonds. The molecule has 0 aliphatic heterocycles. The highest BCUT2D eigenvalue weighted by Gasteiger charge is 2.06. The Balaban J connectivity index is 3.39. The van der Waals surface area contributed by atoms with Crippen LogP contribution in [0, 0.1) is 0 Å². The first kappa shape index (κ1) is 9.52. The Hall–Kier alpha value is -0.570. The summed E-state index contributed by atoms with van der Waals surface area (Å²) in [6.45, 7) is 4.05. The van der Waals surface area contributed by atoms with Gasteiger partial charge in [-0.25, -0.2) is 0 Å². The van der Waals surface area contributed by atoms with Crippen molar-refractivity contribution in [3.63, 3.8) is 0 Å². The van der Waals surface area contributed by atoms with E-state index in [4.69, 9.17) is 0 Å². The van der Waals surface area contributed by atoms with Crippen molar-refractivity contribution in [2.75, 3.05) is 0 Å². The van der Waals surface area contributed by atoms with Crippen LogP contribution in [-0.2, 0) is 12.8 Å². The lowest BCUT2D eigenvalue weighted by atomic mass is 10.1. The van der Waals surface area contributed by atoms with Crippen molar-refractivity contribution in [3.8, 4) is 0 Å². The molecule has 0 radical (unpaired) electrons. The summed E-state index contributed by atoms with van der Waals surface area (Å²) in [7, 11) is 0. The molecule has 1 N–H and O–H groups in total. The van der Waals surface area contributed by atoms with E-state index in [9.17, 15) is 4.79 Å². The van der Waals surface area contributed by atoms with Gasteiger partial charge in [0.1, 0.15) is 0 Å². The third-order valence-corrected chi connectivity index (χ3v) is 2.67. The van der Waals surface area contributed by atoms with Gasteiger partial charge in [-0.15, -0.1) is 0 Å². The van der Waals surface area contributed by atoms with Crippen molar-refractivity contribution in [3.05, 3.63) is 32.2 Å². The summed E-state index contributed by atoms with van der Waals surface area (Å²) in [4.78, 5) is 14.0. The number of hydrogen-bond acceptors (Lipinski definition) is 1. The zero-order valence-corrected chi connectivity index (χ0v) is 8.86. The highest BCUT2D eigenvalue weighted by Crippen LogP contribution is 2.17. The third-order valence-electron chi connectivity index (χ3n) is 1.96. The van der Waals surface area contributed by atoms with E-state index in [1.807, 2.05) is 6.92 Å². The van der Waals surface area contributed by atoms with Crippen LogP contribution in [0.2, 0.25) is 0 Å². The monoisotopic (exact) mass is 229 g/mol. The van der Waals surface area contributed by atoms with Crippen LogP contribution in [0.4, 0.5) is 0 Å². The van der Waals surface area contributed by atoms with E-state index in [-0.39, 0.29) is 5.56 Å². The molecule has 3 heteroatoms. The highest BCUT2D eigenvalue weighted by atomic mass is 79.9. The number of aromatic nitrogens is 1. The van der Waals surface area contributed by atoms with Gasteiger partial charge in [0.2, 0.25) is 0 Å². The van der Waals surface area contributed by atoms with Gasteiger partial charge < -0.3 is 4.98 Å². The molecule has 0 bridgehead atoms. The Morgan fingerprint density at radius 3 is 2.33 bits per heavy atom. The van der Waals surface area contributed by atoms with Gasteiger partial charge in [-0.05, 0) is 34.3 Å². The number of rotatable bonds is 2. The lowest BCUT2D eigenvalue weighted by Crippen LogP contribution is -2.14. The maximum Gasteiger partial charge on any atom is 0.251 e. The Labute approximate surface area is 80.1 Å². The SMILES string of the molecule is CCc1c(Br)c[nH]c(=O)c1CC. The van der Waals surface area contributed by atoms with Crippen LogP contribution in [0.5, 0.6) is 0 Å². The predicted octanol–water partition coefficient (Wildman–Crippen LogP) is 2.26. The van der Waals surface area contributed by atoms with Gasteiger partial charge in [0.05, 0.1) is 0 Å². The molecule has 0 unspecified atom stereocenters. The van der Waals surface area contributed by atoms with E-state index < -0.39 is 0 Å². The van der Waals surface area contributed by atoms with E-state index >= 15 is 0 Å². The maximum atomic E-state index is 11.3. The van der Waals surface area contributed by atoms with Gasteiger partial charge >= 0.3 is 0 Å². The molecule has 0 spiro atoms. The number of nitrogens with one attached hydrogen (secondary N) is 1. The number of hydrogen-bond donors (Lipinski definition) is 1. The third kappa shape index (κ3) is 1.61. The van der Waals surface area contributed by atoms with Crippen molar-refractivity contribution < 1.29 is 0 Å².